The Morgan fingerprint density at radius 2 is 1.12 bits per heavy atom. The average Bonchev–Trinajstić information content (AvgIpc) is 2.64. The molecule has 0 aromatic rings. The van der Waals surface area contributed by atoms with Gasteiger partial charge in [0.25, 0.3) is 0 Å². The molecule has 0 bridgehead atoms. The van der Waals surface area contributed by atoms with Gasteiger partial charge >= 0.3 is 0 Å². The SMILES string of the molecule is C=C(CC1(O)CCCCC1)CC1(O)CCCC1. The molecule has 2 aliphatic rings. The minimum Gasteiger partial charge on any atom is -0.390 e. The fourth-order valence-electron chi connectivity index (χ4n) is 3.59. The van der Waals surface area contributed by atoms with Gasteiger partial charge < -0.3 is 10.2 Å². The Kier molecular flexibility index (Phi) is 3.94. The van der Waals surface area contributed by atoms with Gasteiger partial charge in [-0.25, -0.2) is 0 Å². The molecule has 2 rings (SSSR count). The Bertz CT molecular complexity index is 271. The van der Waals surface area contributed by atoms with Gasteiger partial charge in [0.15, 0.2) is 0 Å². The van der Waals surface area contributed by atoms with Crippen molar-refractivity contribution >= 4 is 0 Å². The van der Waals surface area contributed by atoms with Crippen molar-refractivity contribution in [2.45, 2.75) is 81.8 Å². The van der Waals surface area contributed by atoms with Crippen molar-refractivity contribution in [1.29, 1.82) is 0 Å². The molecule has 0 aliphatic heterocycles. The van der Waals surface area contributed by atoms with Gasteiger partial charge in [0.05, 0.1) is 11.2 Å². The third-order valence-corrected chi connectivity index (χ3v) is 4.48. The predicted molar refractivity (Wildman–Crippen MR) is 69.8 cm³/mol. The van der Waals surface area contributed by atoms with Crippen molar-refractivity contribution < 1.29 is 10.2 Å². The maximum absolute atomic E-state index is 10.5. The molecule has 0 heterocycles. The summed E-state index contributed by atoms with van der Waals surface area (Å²) in [6.45, 7) is 4.08. The summed E-state index contributed by atoms with van der Waals surface area (Å²) in [5.41, 5.74) is 0.00525. The molecule has 2 aliphatic carbocycles. The molecule has 0 unspecified atom stereocenters. The molecule has 0 aromatic carbocycles. The van der Waals surface area contributed by atoms with Gasteiger partial charge in [-0.3, -0.25) is 0 Å². The standard InChI is InChI=1S/C15H26O2/c1-13(12-15(17)9-5-6-10-15)11-14(16)7-3-2-4-8-14/h16-17H,1-12H2. The van der Waals surface area contributed by atoms with Crippen LogP contribution in [-0.4, -0.2) is 21.4 Å². The highest BCUT2D eigenvalue weighted by atomic mass is 16.3. The zero-order valence-electron chi connectivity index (χ0n) is 10.9. The first-order chi connectivity index (χ1) is 8.02. The van der Waals surface area contributed by atoms with Gasteiger partial charge in [-0.2, -0.15) is 0 Å². The van der Waals surface area contributed by atoms with E-state index in [1.54, 1.807) is 0 Å². The largest absolute Gasteiger partial charge is 0.390 e. The highest BCUT2D eigenvalue weighted by Gasteiger charge is 2.35. The van der Waals surface area contributed by atoms with E-state index in [1.165, 1.54) is 6.42 Å². The van der Waals surface area contributed by atoms with Crippen molar-refractivity contribution in [1.82, 2.24) is 0 Å². The first-order valence-corrected chi connectivity index (χ1v) is 7.13. The highest BCUT2D eigenvalue weighted by molar-refractivity contribution is 5.07. The Hall–Kier alpha value is -0.340. The van der Waals surface area contributed by atoms with E-state index in [0.717, 1.165) is 56.9 Å². The quantitative estimate of drug-likeness (QED) is 0.738. The van der Waals surface area contributed by atoms with Gasteiger partial charge in [0.2, 0.25) is 0 Å². The van der Waals surface area contributed by atoms with Crippen molar-refractivity contribution in [2.75, 3.05) is 0 Å². The summed E-state index contributed by atoms with van der Waals surface area (Å²) in [7, 11) is 0. The minimum absolute atomic E-state index is 0.512. The molecule has 2 heteroatoms. The molecular weight excluding hydrogens is 212 g/mol. The van der Waals surface area contributed by atoms with Crippen LogP contribution in [0.3, 0.4) is 0 Å². The summed E-state index contributed by atoms with van der Waals surface area (Å²) in [6.07, 6.45) is 10.8. The number of aliphatic hydroxyl groups is 2. The first-order valence-electron chi connectivity index (χ1n) is 7.13. The molecule has 0 amide bonds. The third kappa shape index (κ3) is 3.56. The normalized spacial score (nSPS) is 26.9. The summed E-state index contributed by atoms with van der Waals surface area (Å²) >= 11 is 0. The van der Waals surface area contributed by atoms with Crippen LogP contribution >= 0.6 is 0 Å². The van der Waals surface area contributed by atoms with Crippen molar-refractivity contribution in [2.24, 2.45) is 0 Å². The first kappa shape index (κ1) is 13.1. The van der Waals surface area contributed by atoms with Crippen LogP contribution in [0, 0.1) is 0 Å². The van der Waals surface area contributed by atoms with E-state index in [1.807, 2.05) is 0 Å². The van der Waals surface area contributed by atoms with Crippen LogP contribution in [0.2, 0.25) is 0 Å². The highest BCUT2D eigenvalue weighted by Crippen LogP contribution is 2.38. The van der Waals surface area contributed by atoms with E-state index in [-0.39, 0.29) is 0 Å². The van der Waals surface area contributed by atoms with E-state index >= 15 is 0 Å². The molecule has 2 nitrogen and oxygen atoms in total. The maximum atomic E-state index is 10.5. The second-order valence-corrected chi connectivity index (χ2v) is 6.32. The predicted octanol–water partition coefficient (Wildman–Crippen LogP) is 3.32. The topological polar surface area (TPSA) is 40.5 Å². The molecular formula is C15H26O2. The Morgan fingerprint density at radius 1 is 0.765 bits per heavy atom. The molecule has 2 fully saturated rings. The van der Waals surface area contributed by atoms with E-state index in [0.29, 0.717) is 12.8 Å². The number of hydrogen-bond acceptors (Lipinski definition) is 2. The fourth-order valence-corrected chi connectivity index (χ4v) is 3.59. The summed E-state index contributed by atoms with van der Waals surface area (Å²) < 4.78 is 0. The maximum Gasteiger partial charge on any atom is 0.0684 e. The van der Waals surface area contributed by atoms with Gasteiger partial charge in [-0.15, -0.1) is 0 Å². The van der Waals surface area contributed by atoms with E-state index in [9.17, 15) is 10.2 Å². The van der Waals surface area contributed by atoms with Gasteiger partial charge in [-0.1, -0.05) is 44.3 Å². The monoisotopic (exact) mass is 238 g/mol. The minimum atomic E-state index is -0.524. The van der Waals surface area contributed by atoms with E-state index in [2.05, 4.69) is 6.58 Å². The van der Waals surface area contributed by atoms with Crippen molar-refractivity contribution in [3.63, 3.8) is 0 Å². The van der Waals surface area contributed by atoms with Crippen LogP contribution in [-0.2, 0) is 0 Å². The molecule has 98 valence electrons. The summed E-state index contributed by atoms with van der Waals surface area (Å²) in [5.74, 6) is 0. The Labute approximate surface area is 105 Å². The number of hydrogen-bond donors (Lipinski definition) is 2. The van der Waals surface area contributed by atoms with Crippen LogP contribution in [0.25, 0.3) is 0 Å². The third-order valence-electron chi connectivity index (χ3n) is 4.48. The molecule has 2 N–H and O–H groups in total. The van der Waals surface area contributed by atoms with Crippen molar-refractivity contribution in [3.05, 3.63) is 12.2 Å². The zero-order valence-corrected chi connectivity index (χ0v) is 10.9. The lowest BCUT2D eigenvalue weighted by molar-refractivity contribution is -0.00165. The lowest BCUT2D eigenvalue weighted by Gasteiger charge is -2.34. The second-order valence-electron chi connectivity index (χ2n) is 6.32. The summed E-state index contributed by atoms with van der Waals surface area (Å²) in [4.78, 5) is 0. The molecule has 0 radical (unpaired) electrons. The van der Waals surface area contributed by atoms with E-state index < -0.39 is 11.2 Å². The molecule has 0 saturated heterocycles. The average molecular weight is 238 g/mol. The van der Waals surface area contributed by atoms with Gasteiger partial charge in [-0.05, 0) is 38.5 Å². The summed E-state index contributed by atoms with van der Waals surface area (Å²) in [6, 6.07) is 0. The number of rotatable bonds is 4. The van der Waals surface area contributed by atoms with Gasteiger partial charge in [0.1, 0.15) is 0 Å². The van der Waals surface area contributed by atoms with Crippen LogP contribution in [0.15, 0.2) is 12.2 Å². The molecule has 17 heavy (non-hydrogen) atoms. The van der Waals surface area contributed by atoms with Crippen LogP contribution < -0.4 is 0 Å². The van der Waals surface area contributed by atoms with Crippen molar-refractivity contribution in [3.8, 4) is 0 Å². The smallest absolute Gasteiger partial charge is 0.0684 e. The molecule has 0 atom stereocenters. The fraction of sp³-hybridized carbons (Fsp3) is 0.867. The zero-order chi connectivity index (χ0) is 12.4. The Balaban J connectivity index is 1.84. The molecule has 0 spiro atoms. The lowest BCUT2D eigenvalue weighted by atomic mass is 9.78. The molecule has 2 saturated carbocycles. The van der Waals surface area contributed by atoms with Crippen LogP contribution in [0.4, 0.5) is 0 Å². The van der Waals surface area contributed by atoms with Gasteiger partial charge in [0, 0.05) is 0 Å². The lowest BCUT2D eigenvalue weighted by Crippen LogP contribution is -2.33. The van der Waals surface area contributed by atoms with Crippen LogP contribution in [0.1, 0.15) is 70.6 Å². The molecule has 0 aromatic heterocycles. The Morgan fingerprint density at radius 3 is 1.53 bits per heavy atom. The van der Waals surface area contributed by atoms with E-state index in [4.69, 9.17) is 0 Å². The second kappa shape index (κ2) is 5.11. The van der Waals surface area contributed by atoms with Crippen LogP contribution in [0.5, 0.6) is 0 Å². The summed E-state index contributed by atoms with van der Waals surface area (Å²) in [5, 5.41) is 20.8.